The van der Waals surface area contributed by atoms with Gasteiger partial charge in [0.2, 0.25) is 0 Å². The van der Waals surface area contributed by atoms with Crippen LogP contribution in [-0.2, 0) is 9.59 Å². The number of nitrogens with one attached hydrogen (secondary N) is 1. The molecule has 0 unspecified atom stereocenters. The Balaban J connectivity index is 1.52. The minimum absolute atomic E-state index is 0.173. The van der Waals surface area contributed by atoms with Crippen molar-refractivity contribution in [2.75, 3.05) is 24.0 Å². The number of hydrazone groups is 1. The monoisotopic (exact) mass is 645 g/mol. The van der Waals surface area contributed by atoms with Crippen LogP contribution in [0, 0.1) is 3.57 Å². The summed E-state index contributed by atoms with van der Waals surface area (Å²) in [5.41, 5.74) is 3.22. The SMILES string of the molecule is COc1cc(C=C2C(=O)N(c3cccc(Br)c3)N=C2C)cc(I)c1OCC(=O)Nc1ccccc1. The fraction of sp³-hybridized carbons (Fsp3) is 0.115. The summed E-state index contributed by atoms with van der Waals surface area (Å²) >= 11 is 5.55. The second-order valence-electron chi connectivity index (χ2n) is 7.58. The first-order chi connectivity index (χ1) is 16.9. The van der Waals surface area contributed by atoms with Gasteiger partial charge in [0.05, 0.1) is 27.7 Å². The second kappa shape index (κ2) is 11.0. The van der Waals surface area contributed by atoms with Crippen LogP contribution in [0.3, 0.4) is 0 Å². The number of rotatable bonds is 7. The third-order valence-electron chi connectivity index (χ3n) is 5.08. The quantitative estimate of drug-likeness (QED) is 0.257. The summed E-state index contributed by atoms with van der Waals surface area (Å²) in [6.07, 6.45) is 1.77. The van der Waals surface area contributed by atoms with Gasteiger partial charge in [0.15, 0.2) is 18.1 Å². The van der Waals surface area contributed by atoms with Gasteiger partial charge >= 0.3 is 0 Å². The summed E-state index contributed by atoms with van der Waals surface area (Å²) in [6, 6.07) is 20.2. The summed E-state index contributed by atoms with van der Waals surface area (Å²) < 4.78 is 12.9. The number of hydrogen-bond acceptors (Lipinski definition) is 5. The van der Waals surface area contributed by atoms with E-state index >= 15 is 0 Å². The first kappa shape index (κ1) is 24.9. The summed E-state index contributed by atoms with van der Waals surface area (Å²) in [4.78, 5) is 25.4. The third-order valence-corrected chi connectivity index (χ3v) is 6.38. The van der Waals surface area contributed by atoms with Crippen molar-refractivity contribution in [1.82, 2.24) is 0 Å². The molecule has 1 aliphatic rings. The maximum absolute atomic E-state index is 13.1. The van der Waals surface area contributed by atoms with E-state index in [-0.39, 0.29) is 18.4 Å². The topological polar surface area (TPSA) is 80.2 Å². The Labute approximate surface area is 225 Å². The van der Waals surface area contributed by atoms with E-state index in [9.17, 15) is 9.59 Å². The van der Waals surface area contributed by atoms with Crippen molar-refractivity contribution >= 4 is 73.5 Å². The molecule has 35 heavy (non-hydrogen) atoms. The van der Waals surface area contributed by atoms with Gasteiger partial charge in [-0.2, -0.15) is 10.1 Å². The Hall–Kier alpha value is -3.18. The number of ether oxygens (including phenoxy) is 2. The van der Waals surface area contributed by atoms with E-state index in [1.54, 1.807) is 31.2 Å². The van der Waals surface area contributed by atoms with Crippen LogP contribution in [0.15, 0.2) is 81.9 Å². The average molecular weight is 646 g/mol. The van der Waals surface area contributed by atoms with E-state index in [0.717, 1.165) is 13.6 Å². The van der Waals surface area contributed by atoms with E-state index < -0.39 is 0 Å². The molecular weight excluding hydrogens is 625 g/mol. The molecule has 178 valence electrons. The lowest BCUT2D eigenvalue weighted by Gasteiger charge is -2.14. The standard InChI is InChI=1S/C26H21BrIN3O4/c1-16-21(26(33)31(30-16)20-10-6-7-18(27)14-20)11-17-12-22(28)25(23(13-17)34-2)35-15-24(32)29-19-8-4-3-5-9-19/h3-14H,15H2,1-2H3,(H,29,32). The van der Waals surface area contributed by atoms with E-state index in [0.29, 0.717) is 34.2 Å². The fourth-order valence-corrected chi connectivity index (χ4v) is 4.62. The second-order valence-corrected chi connectivity index (χ2v) is 9.66. The molecule has 1 aliphatic heterocycles. The zero-order chi connectivity index (χ0) is 24.9. The first-order valence-electron chi connectivity index (χ1n) is 10.6. The van der Waals surface area contributed by atoms with Crippen molar-refractivity contribution in [2.45, 2.75) is 6.92 Å². The van der Waals surface area contributed by atoms with Crippen LogP contribution in [0.5, 0.6) is 11.5 Å². The van der Waals surface area contributed by atoms with E-state index in [1.807, 2.05) is 48.5 Å². The molecule has 0 radical (unpaired) electrons. The predicted molar refractivity (Wildman–Crippen MR) is 149 cm³/mol. The molecule has 0 bridgehead atoms. The van der Waals surface area contributed by atoms with Crippen LogP contribution in [0.25, 0.3) is 6.08 Å². The molecule has 4 rings (SSSR count). The summed E-state index contributed by atoms with van der Waals surface area (Å²) in [6.45, 7) is 1.63. The van der Waals surface area contributed by atoms with Crippen molar-refractivity contribution in [3.8, 4) is 11.5 Å². The Kier molecular flexibility index (Phi) is 7.86. The lowest BCUT2D eigenvalue weighted by molar-refractivity contribution is -0.118. The van der Waals surface area contributed by atoms with Crippen molar-refractivity contribution in [2.24, 2.45) is 5.10 Å². The number of anilines is 2. The van der Waals surface area contributed by atoms with Crippen LogP contribution in [0.4, 0.5) is 11.4 Å². The maximum Gasteiger partial charge on any atom is 0.280 e. The number of methoxy groups -OCH3 is 1. The van der Waals surface area contributed by atoms with Crippen LogP contribution >= 0.6 is 38.5 Å². The average Bonchev–Trinajstić information content (AvgIpc) is 3.12. The third kappa shape index (κ3) is 5.91. The van der Waals surface area contributed by atoms with E-state index in [4.69, 9.17) is 9.47 Å². The number of carbonyl (C=O) groups is 2. The highest BCUT2D eigenvalue weighted by Gasteiger charge is 2.29. The highest BCUT2D eigenvalue weighted by atomic mass is 127. The number of amides is 2. The van der Waals surface area contributed by atoms with Crippen molar-refractivity contribution < 1.29 is 19.1 Å². The molecule has 0 aliphatic carbocycles. The Bertz CT molecular complexity index is 1340. The molecule has 0 saturated heterocycles. The minimum atomic E-state index is -0.281. The smallest absolute Gasteiger partial charge is 0.280 e. The van der Waals surface area contributed by atoms with Crippen LogP contribution < -0.4 is 19.8 Å². The van der Waals surface area contributed by atoms with Gasteiger partial charge in [0.1, 0.15) is 0 Å². The molecule has 7 nitrogen and oxygen atoms in total. The summed E-state index contributed by atoms with van der Waals surface area (Å²) in [7, 11) is 1.53. The molecular formula is C26H21BrIN3O4. The van der Waals surface area contributed by atoms with Gasteiger partial charge in [-0.1, -0.05) is 40.2 Å². The van der Waals surface area contributed by atoms with Gasteiger partial charge in [0.25, 0.3) is 11.8 Å². The number of halogens is 2. The predicted octanol–water partition coefficient (Wildman–Crippen LogP) is 5.89. The molecule has 0 aromatic heterocycles. The fourth-order valence-electron chi connectivity index (χ4n) is 3.45. The van der Waals surface area contributed by atoms with Crippen LogP contribution in [0.1, 0.15) is 12.5 Å². The molecule has 3 aromatic rings. The number of carbonyl (C=O) groups excluding carboxylic acids is 2. The number of para-hydroxylation sites is 1. The van der Waals surface area contributed by atoms with Crippen molar-refractivity contribution in [3.05, 3.63) is 85.9 Å². The molecule has 0 saturated carbocycles. The molecule has 0 spiro atoms. The molecule has 1 N–H and O–H groups in total. The first-order valence-corrected chi connectivity index (χ1v) is 12.5. The largest absolute Gasteiger partial charge is 0.493 e. The molecule has 0 fully saturated rings. The number of hydrogen-bond donors (Lipinski definition) is 1. The Morgan fingerprint density at radius 2 is 1.91 bits per heavy atom. The van der Waals surface area contributed by atoms with E-state index in [2.05, 4.69) is 48.9 Å². The van der Waals surface area contributed by atoms with Crippen LogP contribution in [-0.4, -0.2) is 31.2 Å². The highest BCUT2D eigenvalue weighted by molar-refractivity contribution is 14.1. The van der Waals surface area contributed by atoms with Gasteiger partial charge in [-0.3, -0.25) is 9.59 Å². The number of benzene rings is 3. The molecule has 1 heterocycles. The van der Waals surface area contributed by atoms with E-state index in [1.165, 1.54) is 12.1 Å². The maximum atomic E-state index is 13.1. The molecule has 0 atom stereocenters. The lowest BCUT2D eigenvalue weighted by atomic mass is 10.1. The Morgan fingerprint density at radius 3 is 2.63 bits per heavy atom. The van der Waals surface area contributed by atoms with Crippen LogP contribution in [0.2, 0.25) is 0 Å². The van der Waals surface area contributed by atoms with Gasteiger partial charge in [-0.05, 0) is 83.6 Å². The van der Waals surface area contributed by atoms with Gasteiger partial charge in [-0.15, -0.1) is 0 Å². The van der Waals surface area contributed by atoms with Gasteiger partial charge < -0.3 is 14.8 Å². The zero-order valence-corrected chi connectivity index (χ0v) is 22.7. The van der Waals surface area contributed by atoms with Crippen molar-refractivity contribution in [3.63, 3.8) is 0 Å². The van der Waals surface area contributed by atoms with Gasteiger partial charge in [0, 0.05) is 10.2 Å². The lowest BCUT2D eigenvalue weighted by Crippen LogP contribution is -2.21. The van der Waals surface area contributed by atoms with Gasteiger partial charge in [-0.25, -0.2) is 0 Å². The summed E-state index contributed by atoms with van der Waals surface area (Å²) in [5.74, 6) is 0.418. The highest BCUT2D eigenvalue weighted by Crippen LogP contribution is 2.35. The number of nitrogens with zero attached hydrogens (tertiary/aromatic N) is 2. The zero-order valence-electron chi connectivity index (χ0n) is 18.9. The molecule has 9 heteroatoms. The molecule has 3 aromatic carbocycles. The molecule has 2 amide bonds. The summed E-state index contributed by atoms with van der Waals surface area (Å²) in [5, 5.41) is 8.60. The van der Waals surface area contributed by atoms with Crippen molar-refractivity contribution in [1.29, 1.82) is 0 Å². The normalized spacial score (nSPS) is 14.2. The minimum Gasteiger partial charge on any atom is -0.493 e. The Morgan fingerprint density at radius 1 is 1.14 bits per heavy atom.